The molecule has 0 aliphatic carbocycles. The quantitative estimate of drug-likeness (QED) is 0.553. The summed E-state index contributed by atoms with van der Waals surface area (Å²) in [6, 6.07) is 9.07. The number of hydrogen-bond donors (Lipinski definition) is 3. The van der Waals surface area contributed by atoms with Crippen molar-refractivity contribution in [2.75, 3.05) is 0 Å². The predicted octanol–water partition coefficient (Wildman–Crippen LogP) is 2.81. The zero-order valence-electron chi connectivity index (χ0n) is 11.1. The number of phenolic OH excluding ortho intramolecular Hbond substituents is 3. The highest BCUT2D eigenvalue weighted by Gasteiger charge is 2.33. The van der Waals surface area contributed by atoms with E-state index in [4.69, 9.17) is 4.74 Å². The molecule has 1 heterocycles. The van der Waals surface area contributed by atoms with Gasteiger partial charge < -0.3 is 20.1 Å². The number of ether oxygens (including phenoxy) is 1. The fourth-order valence-corrected chi connectivity index (χ4v) is 2.23. The van der Waals surface area contributed by atoms with Gasteiger partial charge in [0.25, 0.3) is 0 Å². The molecule has 106 valence electrons. The monoisotopic (exact) mass is 284 g/mol. The van der Waals surface area contributed by atoms with Gasteiger partial charge in [0.05, 0.1) is 5.56 Å². The van der Waals surface area contributed by atoms with E-state index in [2.05, 4.69) is 0 Å². The van der Waals surface area contributed by atoms with Gasteiger partial charge in [-0.15, -0.1) is 0 Å². The van der Waals surface area contributed by atoms with E-state index in [9.17, 15) is 20.1 Å². The predicted molar refractivity (Wildman–Crippen MR) is 75.4 cm³/mol. The van der Waals surface area contributed by atoms with Crippen molar-refractivity contribution in [1.82, 2.24) is 0 Å². The summed E-state index contributed by atoms with van der Waals surface area (Å²) in [6.45, 7) is 1.69. The van der Waals surface area contributed by atoms with Crippen LogP contribution >= 0.6 is 0 Å². The molecule has 5 heteroatoms. The first-order chi connectivity index (χ1) is 9.99. The highest BCUT2D eigenvalue weighted by atomic mass is 16.5. The first-order valence-corrected chi connectivity index (χ1v) is 6.27. The highest BCUT2D eigenvalue weighted by Crippen LogP contribution is 2.45. The number of Topliss-reactive ketones (excluding diaryl/α,β-unsaturated/α-hetero) is 1. The van der Waals surface area contributed by atoms with Gasteiger partial charge in [-0.1, -0.05) is 12.1 Å². The van der Waals surface area contributed by atoms with Crippen molar-refractivity contribution in [3.05, 3.63) is 53.3 Å². The average molecular weight is 284 g/mol. The van der Waals surface area contributed by atoms with Crippen molar-refractivity contribution in [2.45, 2.75) is 6.92 Å². The third-order valence-corrected chi connectivity index (χ3v) is 3.38. The smallest absolute Gasteiger partial charge is 0.232 e. The number of hydrogen-bond acceptors (Lipinski definition) is 5. The second kappa shape index (κ2) is 4.56. The van der Waals surface area contributed by atoms with Crippen LogP contribution in [0.3, 0.4) is 0 Å². The van der Waals surface area contributed by atoms with Gasteiger partial charge in [0.1, 0.15) is 5.75 Å². The molecule has 5 nitrogen and oxygen atoms in total. The molecule has 0 bridgehead atoms. The van der Waals surface area contributed by atoms with E-state index in [1.165, 1.54) is 24.3 Å². The maximum atomic E-state index is 12.3. The number of allylic oxidation sites excluding steroid dienone is 2. The fourth-order valence-electron chi connectivity index (χ4n) is 2.23. The summed E-state index contributed by atoms with van der Waals surface area (Å²) in [5.41, 5.74) is 1.36. The molecule has 0 aromatic heterocycles. The number of aromatic hydroxyl groups is 3. The molecule has 2 aromatic rings. The van der Waals surface area contributed by atoms with Crippen LogP contribution in [0.15, 0.2) is 42.2 Å². The molecule has 0 fully saturated rings. The maximum absolute atomic E-state index is 12.3. The van der Waals surface area contributed by atoms with Crippen LogP contribution in [-0.4, -0.2) is 21.1 Å². The van der Waals surface area contributed by atoms with Gasteiger partial charge in [-0.3, -0.25) is 4.79 Å². The molecule has 0 radical (unpaired) electrons. The summed E-state index contributed by atoms with van der Waals surface area (Å²) in [6.07, 6.45) is 0. The van der Waals surface area contributed by atoms with Crippen molar-refractivity contribution in [3.63, 3.8) is 0 Å². The minimum Gasteiger partial charge on any atom is -0.508 e. The Balaban J connectivity index is 2.12. The van der Waals surface area contributed by atoms with E-state index < -0.39 is 5.75 Å². The second-order valence-corrected chi connectivity index (χ2v) is 4.75. The standard InChI is InChI=1S/C16H12O5/c1-8(9-3-2-4-10(17)7-9)15-13(19)11-5-6-12(18)14(20)16(11)21-15/h2-7,17-18,20H,1H3/b15-8+. The Kier molecular flexibility index (Phi) is 2.83. The Labute approximate surface area is 120 Å². The molecule has 2 aromatic carbocycles. The highest BCUT2D eigenvalue weighted by molar-refractivity contribution is 6.16. The molecule has 1 aliphatic rings. The summed E-state index contributed by atoms with van der Waals surface area (Å²) in [7, 11) is 0. The third-order valence-electron chi connectivity index (χ3n) is 3.38. The SMILES string of the molecule is C/C(=C1\Oc2c(ccc(O)c2O)C1=O)c1cccc(O)c1. The van der Waals surface area contributed by atoms with Crippen LogP contribution in [0.1, 0.15) is 22.8 Å². The van der Waals surface area contributed by atoms with Crippen LogP contribution in [0.4, 0.5) is 0 Å². The number of rotatable bonds is 1. The normalized spacial score (nSPS) is 15.6. The van der Waals surface area contributed by atoms with E-state index in [0.717, 1.165) is 0 Å². The van der Waals surface area contributed by atoms with Gasteiger partial charge >= 0.3 is 0 Å². The second-order valence-electron chi connectivity index (χ2n) is 4.75. The number of ketones is 1. The summed E-state index contributed by atoms with van der Waals surface area (Å²) in [5, 5.41) is 28.7. The lowest BCUT2D eigenvalue weighted by molar-refractivity contribution is 0.101. The van der Waals surface area contributed by atoms with Crippen molar-refractivity contribution in [2.24, 2.45) is 0 Å². The minimum atomic E-state index is -0.459. The number of fused-ring (bicyclic) bond motifs is 1. The van der Waals surface area contributed by atoms with Gasteiger partial charge in [0, 0.05) is 5.57 Å². The Bertz CT molecular complexity index is 789. The van der Waals surface area contributed by atoms with Gasteiger partial charge in [-0.05, 0) is 36.8 Å². The summed E-state index contributed by atoms with van der Waals surface area (Å²) in [5.74, 6) is -1.08. The number of phenols is 3. The van der Waals surface area contributed by atoms with Crippen LogP contribution in [0, 0.1) is 0 Å². The van der Waals surface area contributed by atoms with Gasteiger partial charge in [-0.2, -0.15) is 0 Å². The average Bonchev–Trinajstić information content (AvgIpc) is 2.80. The van der Waals surface area contributed by atoms with Crippen LogP contribution in [0.2, 0.25) is 0 Å². The van der Waals surface area contributed by atoms with E-state index >= 15 is 0 Å². The summed E-state index contributed by atoms with van der Waals surface area (Å²) >= 11 is 0. The zero-order chi connectivity index (χ0) is 15.1. The number of carbonyl (C=O) groups is 1. The van der Waals surface area contributed by atoms with Crippen LogP contribution in [-0.2, 0) is 0 Å². The molecule has 0 spiro atoms. The lowest BCUT2D eigenvalue weighted by Gasteiger charge is -2.06. The molecule has 0 saturated carbocycles. The maximum Gasteiger partial charge on any atom is 0.232 e. The molecular weight excluding hydrogens is 272 g/mol. The van der Waals surface area contributed by atoms with Crippen molar-refractivity contribution in [3.8, 4) is 23.0 Å². The van der Waals surface area contributed by atoms with Crippen molar-refractivity contribution < 1.29 is 24.9 Å². The molecule has 3 rings (SSSR count). The summed E-state index contributed by atoms with van der Waals surface area (Å²) in [4.78, 5) is 12.3. The van der Waals surface area contributed by atoms with E-state index in [-0.39, 0.29) is 34.4 Å². The molecule has 0 amide bonds. The Morgan fingerprint density at radius 2 is 1.86 bits per heavy atom. The first kappa shape index (κ1) is 13.1. The molecule has 0 atom stereocenters. The number of carbonyl (C=O) groups excluding carboxylic acids is 1. The lowest BCUT2D eigenvalue weighted by Crippen LogP contribution is -2.01. The topological polar surface area (TPSA) is 87.0 Å². The van der Waals surface area contributed by atoms with Crippen LogP contribution in [0.25, 0.3) is 5.57 Å². The van der Waals surface area contributed by atoms with Crippen molar-refractivity contribution >= 4 is 11.4 Å². The van der Waals surface area contributed by atoms with Crippen molar-refractivity contribution in [1.29, 1.82) is 0 Å². The molecular formula is C16H12O5. The Hall–Kier alpha value is -2.95. The fraction of sp³-hybridized carbons (Fsp3) is 0.0625. The minimum absolute atomic E-state index is 0.0468. The van der Waals surface area contributed by atoms with E-state index in [1.807, 2.05) is 0 Å². The van der Waals surface area contributed by atoms with Crippen LogP contribution < -0.4 is 4.74 Å². The Morgan fingerprint density at radius 1 is 1.10 bits per heavy atom. The largest absolute Gasteiger partial charge is 0.508 e. The molecule has 21 heavy (non-hydrogen) atoms. The lowest BCUT2D eigenvalue weighted by atomic mass is 10.0. The Morgan fingerprint density at radius 3 is 2.57 bits per heavy atom. The van der Waals surface area contributed by atoms with E-state index in [0.29, 0.717) is 11.1 Å². The van der Waals surface area contributed by atoms with Crippen LogP contribution in [0.5, 0.6) is 23.0 Å². The third kappa shape index (κ3) is 1.99. The van der Waals surface area contributed by atoms with Gasteiger partial charge in [0.2, 0.25) is 11.5 Å². The molecule has 0 saturated heterocycles. The molecule has 1 aliphatic heterocycles. The van der Waals surface area contributed by atoms with Gasteiger partial charge in [0.15, 0.2) is 17.3 Å². The zero-order valence-corrected chi connectivity index (χ0v) is 11.1. The molecule has 3 N–H and O–H groups in total. The van der Waals surface area contributed by atoms with E-state index in [1.54, 1.807) is 19.1 Å². The number of benzene rings is 2. The summed E-state index contributed by atoms with van der Waals surface area (Å²) < 4.78 is 5.43. The molecule has 0 unspecified atom stereocenters. The van der Waals surface area contributed by atoms with Gasteiger partial charge in [-0.25, -0.2) is 0 Å². The first-order valence-electron chi connectivity index (χ1n) is 6.27.